The molecule has 2 bridgehead atoms. The molecule has 2 aliphatic rings. The van der Waals surface area contributed by atoms with E-state index in [1.165, 1.54) is 0 Å². The predicted octanol–water partition coefficient (Wildman–Crippen LogP) is 3.40. The first-order valence-electron chi connectivity index (χ1n) is 9.01. The molecule has 2 aliphatic carbocycles. The zero-order chi connectivity index (χ0) is 17.2. The maximum atomic E-state index is 12.7. The summed E-state index contributed by atoms with van der Waals surface area (Å²) in [6.45, 7) is 8.32. The summed E-state index contributed by atoms with van der Waals surface area (Å²) in [6.07, 6.45) is 3.85. The van der Waals surface area contributed by atoms with Gasteiger partial charge in [-0.2, -0.15) is 5.26 Å². The smallest absolute Gasteiger partial charge is 0.314 e. The van der Waals surface area contributed by atoms with Crippen LogP contribution in [0, 0.1) is 52.3 Å². The summed E-state index contributed by atoms with van der Waals surface area (Å²) in [7, 11) is 0. The van der Waals surface area contributed by atoms with Crippen molar-refractivity contribution in [1.82, 2.24) is 0 Å². The monoisotopic (exact) mass is 321 g/mol. The van der Waals surface area contributed by atoms with Crippen LogP contribution in [0.3, 0.4) is 0 Å². The molecule has 2 fully saturated rings. The van der Waals surface area contributed by atoms with Gasteiger partial charge in [-0.3, -0.25) is 4.79 Å². The van der Waals surface area contributed by atoms with Crippen LogP contribution in [0.5, 0.6) is 0 Å². The Kier molecular flexibility index (Phi) is 5.73. The second-order valence-electron chi connectivity index (χ2n) is 8.40. The first kappa shape index (κ1) is 18.3. The standard InChI is InChI=1S/C19H31NO3/c1-12(2)8-19(11-21,13(3)4)18(22)23-10-16-6-14-5-15(9-20)17(16)7-14/h12-17,21H,5-8,10-11H2,1-4H3. The number of carbonyl (C=O) groups is 1. The number of nitriles is 1. The molecule has 0 aliphatic heterocycles. The van der Waals surface area contributed by atoms with Gasteiger partial charge >= 0.3 is 5.97 Å². The SMILES string of the molecule is CC(C)CC(CO)(C(=O)OCC1CC2CC(C#N)C1C2)C(C)C. The fourth-order valence-electron chi connectivity index (χ4n) is 4.76. The summed E-state index contributed by atoms with van der Waals surface area (Å²) in [6, 6.07) is 2.42. The van der Waals surface area contributed by atoms with E-state index in [0.29, 0.717) is 36.7 Å². The zero-order valence-electron chi connectivity index (χ0n) is 14.9. The van der Waals surface area contributed by atoms with E-state index >= 15 is 0 Å². The Morgan fingerprint density at radius 3 is 2.48 bits per heavy atom. The van der Waals surface area contributed by atoms with E-state index in [2.05, 4.69) is 19.9 Å². The molecule has 0 aromatic carbocycles. The van der Waals surface area contributed by atoms with Gasteiger partial charge in [0.15, 0.2) is 0 Å². The summed E-state index contributed by atoms with van der Waals surface area (Å²) in [4.78, 5) is 12.7. The van der Waals surface area contributed by atoms with Crippen molar-refractivity contribution in [3.63, 3.8) is 0 Å². The lowest BCUT2D eigenvalue weighted by Gasteiger charge is -2.35. The third-order valence-electron chi connectivity index (χ3n) is 6.11. The van der Waals surface area contributed by atoms with Gasteiger partial charge in [-0.05, 0) is 55.3 Å². The van der Waals surface area contributed by atoms with E-state index in [9.17, 15) is 15.2 Å². The van der Waals surface area contributed by atoms with Gasteiger partial charge in [0.2, 0.25) is 0 Å². The number of aliphatic hydroxyl groups is 1. The lowest BCUT2D eigenvalue weighted by atomic mass is 9.72. The Morgan fingerprint density at radius 2 is 2.00 bits per heavy atom. The van der Waals surface area contributed by atoms with E-state index in [-0.39, 0.29) is 24.4 Å². The maximum absolute atomic E-state index is 12.7. The van der Waals surface area contributed by atoms with Crippen LogP contribution in [0.25, 0.3) is 0 Å². The lowest BCUT2D eigenvalue weighted by Crippen LogP contribution is -2.43. The first-order chi connectivity index (χ1) is 10.8. The number of hydrogen-bond donors (Lipinski definition) is 1. The molecular formula is C19H31NO3. The average molecular weight is 321 g/mol. The largest absolute Gasteiger partial charge is 0.465 e. The van der Waals surface area contributed by atoms with Crippen LogP contribution in [0.4, 0.5) is 0 Å². The molecule has 0 amide bonds. The molecule has 5 atom stereocenters. The highest BCUT2D eigenvalue weighted by Crippen LogP contribution is 2.51. The second-order valence-corrected chi connectivity index (χ2v) is 8.40. The van der Waals surface area contributed by atoms with Crippen molar-refractivity contribution in [2.24, 2.45) is 40.9 Å². The van der Waals surface area contributed by atoms with Crippen LogP contribution in [0.1, 0.15) is 53.4 Å². The third-order valence-corrected chi connectivity index (χ3v) is 6.11. The van der Waals surface area contributed by atoms with Gasteiger partial charge in [0.25, 0.3) is 0 Å². The normalized spacial score (nSPS) is 32.1. The van der Waals surface area contributed by atoms with Crippen molar-refractivity contribution in [3.8, 4) is 6.07 Å². The van der Waals surface area contributed by atoms with Gasteiger partial charge in [-0.15, -0.1) is 0 Å². The molecule has 0 heterocycles. The van der Waals surface area contributed by atoms with Crippen molar-refractivity contribution in [1.29, 1.82) is 5.26 Å². The fourth-order valence-corrected chi connectivity index (χ4v) is 4.76. The Labute approximate surface area is 140 Å². The Bertz CT molecular complexity index is 468. The topological polar surface area (TPSA) is 70.3 Å². The van der Waals surface area contributed by atoms with E-state index < -0.39 is 5.41 Å². The molecule has 2 saturated carbocycles. The number of fused-ring (bicyclic) bond motifs is 2. The van der Waals surface area contributed by atoms with Gasteiger partial charge in [0.1, 0.15) is 0 Å². The summed E-state index contributed by atoms with van der Waals surface area (Å²) in [5, 5.41) is 19.1. The van der Waals surface area contributed by atoms with Crippen molar-refractivity contribution >= 4 is 5.97 Å². The molecule has 4 heteroatoms. The molecular weight excluding hydrogens is 290 g/mol. The third kappa shape index (κ3) is 3.55. The number of ether oxygens (including phenoxy) is 1. The molecule has 130 valence electrons. The minimum Gasteiger partial charge on any atom is -0.465 e. The second kappa shape index (κ2) is 7.21. The number of aliphatic hydroxyl groups excluding tert-OH is 1. The van der Waals surface area contributed by atoms with Crippen LogP contribution in [0.15, 0.2) is 0 Å². The molecule has 23 heavy (non-hydrogen) atoms. The van der Waals surface area contributed by atoms with Crippen LogP contribution < -0.4 is 0 Å². The number of nitrogens with zero attached hydrogens (tertiary/aromatic N) is 1. The van der Waals surface area contributed by atoms with E-state index in [4.69, 9.17) is 4.74 Å². The highest BCUT2D eigenvalue weighted by molar-refractivity contribution is 5.77. The Morgan fingerprint density at radius 1 is 1.30 bits per heavy atom. The van der Waals surface area contributed by atoms with Gasteiger partial charge < -0.3 is 9.84 Å². The Hall–Kier alpha value is -1.08. The molecule has 0 aromatic rings. The molecule has 0 aromatic heterocycles. The van der Waals surface area contributed by atoms with Crippen LogP contribution >= 0.6 is 0 Å². The summed E-state index contributed by atoms with van der Waals surface area (Å²) in [5.41, 5.74) is -0.805. The molecule has 4 nitrogen and oxygen atoms in total. The summed E-state index contributed by atoms with van der Waals surface area (Å²) in [5.74, 6) is 1.59. The average Bonchev–Trinajstić information content (AvgIpc) is 3.09. The molecule has 0 radical (unpaired) electrons. The van der Waals surface area contributed by atoms with Gasteiger partial charge in [-0.1, -0.05) is 27.7 Å². The predicted molar refractivity (Wildman–Crippen MR) is 88.2 cm³/mol. The zero-order valence-corrected chi connectivity index (χ0v) is 14.9. The quantitative estimate of drug-likeness (QED) is 0.730. The lowest BCUT2D eigenvalue weighted by molar-refractivity contribution is -0.166. The molecule has 2 rings (SSSR count). The van der Waals surface area contributed by atoms with Crippen LogP contribution in [-0.4, -0.2) is 24.3 Å². The van der Waals surface area contributed by atoms with Crippen molar-refractivity contribution < 1.29 is 14.6 Å². The van der Waals surface area contributed by atoms with Crippen molar-refractivity contribution in [3.05, 3.63) is 0 Å². The highest BCUT2D eigenvalue weighted by atomic mass is 16.5. The van der Waals surface area contributed by atoms with E-state index in [1.54, 1.807) is 0 Å². The minimum absolute atomic E-state index is 0.0364. The van der Waals surface area contributed by atoms with Crippen molar-refractivity contribution in [2.75, 3.05) is 13.2 Å². The minimum atomic E-state index is -0.805. The summed E-state index contributed by atoms with van der Waals surface area (Å²) < 4.78 is 5.68. The fraction of sp³-hybridized carbons (Fsp3) is 0.895. The molecule has 5 unspecified atom stereocenters. The van der Waals surface area contributed by atoms with Gasteiger partial charge in [0, 0.05) is 5.92 Å². The number of hydrogen-bond acceptors (Lipinski definition) is 4. The highest BCUT2D eigenvalue weighted by Gasteiger charge is 2.48. The van der Waals surface area contributed by atoms with Crippen LogP contribution in [0.2, 0.25) is 0 Å². The van der Waals surface area contributed by atoms with Gasteiger partial charge in [0.05, 0.1) is 24.7 Å². The van der Waals surface area contributed by atoms with E-state index in [1.807, 2.05) is 13.8 Å². The van der Waals surface area contributed by atoms with Gasteiger partial charge in [-0.25, -0.2) is 0 Å². The number of esters is 1. The summed E-state index contributed by atoms with van der Waals surface area (Å²) >= 11 is 0. The van der Waals surface area contributed by atoms with Crippen molar-refractivity contribution in [2.45, 2.75) is 53.4 Å². The van der Waals surface area contributed by atoms with Crippen LogP contribution in [-0.2, 0) is 9.53 Å². The molecule has 0 saturated heterocycles. The van der Waals surface area contributed by atoms with E-state index in [0.717, 1.165) is 19.3 Å². The Balaban J connectivity index is 1.98. The molecule has 1 N–H and O–H groups in total. The first-order valence-corrected chi connectivity index (χ1v) is 9.01. The maximum Gasteiger partial charge on any atom is 0.314 e. The number of rotatable bonds is 7. The molecule has 0 spiro atoms. The number of carbonyl (C=O) groups excluding carboxylic acids is 1.